The van der Waals surface area contributed by atoms with E-state index in [-0.39, 0.29) is 16.9 Å². The highest BCUT2D eigenvalue weighted by molar-refractivity contribution is 5.88. The first kappa shape index (κ1) is 16.2. The third kappa shape index (κ3) is 2.09. The van der Waals surface area contributed by atoms with Crippen LogP contribution in [0.5, 0.6) is 5.75 Å². The molecule has 0 spiro atoms. The molecule has 0 aliphatic heterocycles. The summed E-state index contributed by atoms with van der Waals surface area (Å²) in [5.41, 5.74) is 1.02. The number of hydrogen-bond donors (Lipinski definition) is 1. The Hall–Kier alpha value is -2.24. The monoisotopic (exact) mass is 343 g/mol. The summed E-state index contributed by atoms with van der Waals surface area (Å²) in [6, 6.07) is 1.47. The van der Waals surface area contributed by atoms with Gasteiger partial charge in [-0.1, -0.05) is 6.92 Å². The molecule has 1 N–H and O–H groups in total. The van der Waals surface area contributed by atoms with Gasteiger partial charge in [0.1, 0.15) is 5.78 Å². The van der Waals surface area contributed by atoms with Crippen molar-refractivity contribution in [2.75, 3.05) is 0 Å². The summed E-state index contributed by atoms with van der Waals surface area (Å²) >= 11 is 0. The number of nitro benzene ring substituents is 1. The van der Waals surface area contributed by atoms with Gasteiger partial charge in [0.05, 0.1) is 10.5 Å². The molecule has 25 heavy (non-hydrogen) atoms. The van der Waals surface area contributed by atoms with Gasteiger partial charge in [0.2, 0.25) is 5.75 Å². The van der Waals surface area contributed by atoms with Crippen LogP contribution >= 0.6 is 0 Å². The molecule has 6 heteroatoms. The predicted molar refractivity (Wildman–Crippen MR) is 89.8 cm³/mol. The quantitative estimate of drug-likeness (QED) is 0.503. The molecule has 0 bridgehead atoms. The fraction of sp³-hybridized carbons (Fsp3) is 0.579. The van der Waals surface area contributed by atoms with Gasteiger partial charge < -0.3 is 5.11 Å². The number of hydrogen-bond acceptors (Lipinski definition) is 5. The van der Waals surface area contributed by atoms with Crippen LogP contribution in [0.15, 0.2) is 6.07 Å². The Morgan fingerprint density at radius 2 is 2.08 bits per heavy atom. The number of ketones is 1. The van der Waals surface area contributed by atoms with Gasteiger partial charge in [0, 0.05) is 17.9 Å². The van der Waals surface area contributed by atoms with E-state index in [1.165, 1.54) is 6.07 Å². The number of rotatable bonds is 2. The molecule has 4 atom stereocenters. The first-order valence-electron chi connectivity index (χ1n) is 8.90. The van der Waals surface area contributed by atoms with E-state index in [2.05, 4.69) is 6.92 Å². The number of benzene rings is 1. The SMILES string of the molecule is C[C@]12CC[C@@H]3c4cc([N+](=O)[O-])c(O)c(C=O)c4CC[C@H]3[C@@H]1CCC2=O. The Morgan fingerprint density at radius 3 is 2.76 bits per heavy atom. The molecule has 0 heterocycles. The molecule has 1 aromatic carbocycles. The average Bonchev–Trinajstić information content (AvgIpc) is 2.89. The smallest absolute Gasteiger partial charge is 0.311 e. The minimum atomic E-state index is -0.627. The molecule has 6 nitrogen and oxygen atoms in total. The predicted octanol–water partition coefficient (Wildman–Crippen LogP) is 3.54. The lowest BCUT2D eigenvalue weighted by atomic mass is 9.55. The van der Waals surface area contributed by atoms with Gasteiger partial charge >= 0.3 is 5.69 Å². The number of carbonyl (C=O) groups excluding carboxylic acids is 2. The minimum Gasteiger partial charge on any atom is -0.502 e. The molecule has 0 unspecified atom stereocenters. The largest absolute Gasteiger partial charge is 0.502 e. The summed E-state index contributed by atoms with van der Waals surface area (Å²) in [6.07, 6.45) is 5.14. The molecular weight excluding hydrogens is 322 g/mol. The van der Waals surface area contributed by atoms with Crippen LogP contribution < -0.4 is 0 Å². The van der Waals surface area contributed by atoms with Crippen LogP contribution in [0.4, 0.5) is 5.69 Å². The average molecular weight is 343 g/mol. The fourth-order valence-corrected chi connectivity index (χ4v) is 5.77. The number of nitro groups is 1. The van der Waals surface area contributed by atoms with E-state index in [1.54, 1.807) is 0 Å². The molecule has 4 rings (SSSR count). The zero-order valence-electron chi connectivity index (χ0n) is 14.2. The van der Waals surface area contributed by atoms with Crippen LogP contribution in [0.3, 0.4) is 0 Å². The Labute approximate surface area is 145 Å². The standard InChI is InChI=1S/C19H21NO5/c1-19-7-6-11-12(15(19)4-5-17(19)22)3-2-10-13(11)8-16(20(24)25)18(23)14(10)9-21/h8-9,11-12,15,23H,2-7H2,1H3/t11-,12+,15-,19-/m0/s1. The van der Waals surface area contributed by atoms with Crippen molar-refractivity contribution in [2.24, 2.45) is 17.3 Å². The number of aromatic hydroxyl groups is 1. The Balaban J connectivity index is 1.83. The van der Waals surface area contributed by atoms with E-state index in [0.29, 0.717) is 36.7 Å². The van der Waals surface area contributed by atoms with E-state index < -0.39 is 16.4 Å². The second kappa shape index (κ2) is 5.38. The van der Waals surface area contributed by atoms with Crippen molar-refractivity contribution in [1.29, 1.82) is 0 Å². The lowest BCUT2D eigenvalue weighted by Crippen LogP contribution is -2.42. The van der Waals surface area contributed by atoms with Gasteiger partial charge in [-0.15, -0.1) is 0 Å². The van der Waals surface area contributed by atoms with Gasteiger partial charge in [-0.05, 0) is 61.0 Å². The lowest BCUT2D eigenvalue weighted by Gasteiger charge is -2.48. The van der Waals surface area contributed by atoms with E-state index in [1.807, 2.05) is 0 Å². The molecule has 0 radical (unpaired) electrons. The number of phenolic OH excluding ortho intramolecular Hbond substituents is 1. The van der Waals surface area contributed by atoms with E-state index in [0.717, 1.165) is 36.8 Å². The Bertz CT molecular complexity index is 801. The number of aldehydes is 1. The maximum Gasteiger partial charge on any atom is 0.311 e. The molecule has 0 amide bonds. The Morgan fingerprint density at radius 1 is 1.32 bits per heavy atom. The van der Waals surface area contributed by atoms with Crippen molar-refractivity contribution in [2.45, 2.75) is 51.4 Å². The maximum atomic E-state index is 12.4. The molecule has 1 aromatic rings. The number of carbonyl (C=O) groups is 2. The molecular formula is C19H21NO5. The molecule has 2 fully saturated rings. The van der Waals surface area contributed by atoms with Crippen molar-refractivity contribution in [1.82, 2.24) is 0 Å². The highest BCUT2D eigenvalue weighted by Crippen LogP contribution is 2.60. The van der Waals surface area contributed by atoms with Crippen LogP contribution in [0, 0.1) is 27.4 Å². The lowest BCUT2D eigenvalue weighted by molar-refractivity contribution is -0.386. The van der Waals surface area contributed by atoms with Crippen LogP contribution in [0.2, 0.25) is 0 Å². The maximum absolute atomic E-state index is 12.4. The van der Waals surface area contributed by atoms with Gasteiger partial charge in [-0.2, -0.15) is 0 Å². The van der Waals surface area contributed by atoms with Crippen molar-refractivity contribution in [3.05, 3.63) is 32.9 Å². The van der Waals surface area contributed by atoms with E-state index >= 15 is 0 Å². The molecule has 3 aliphatic rings. The summed E-state index contributed by atoms with van der Waals surface area (Å²) in [5.74, 6) is 0.604. The second-order valence-electron chi connectivity index (χ2n) is 7.93. The summed E-state index contributed by atoms with van der Waals surface area (Å²) in [7, 11) is 0. The van der Waals surface area contributed by atoms with Gasteiger partial charge in [0.25, 0.3) is 0 Å². The normalized spacial score (nSPS) is 33.3. The zero-order valence-corrected chi connectivity index (χ0v) is 14.2. The first-order valence-corrected chi connectivity index (χ1v) is 8.90. The van der Waals surface area contributed by atoms with E-state index in [9.17, 15) is 24.8 Å². The van der Waals surface area contributed by atoms with Crippen molar-refractivity contribution in [3.8, 4) is 5.75 Å². The van der Waals surface area contributed by atoms with Crippen LogP contribution in [-0.4, -0.2) is 22.1 Å². The zero-order chi connectivity index (χ0) is 17.9. The third-order valence-corrected chi connectivity index (χ3v) is 7.05. The number of fused-ring (bicyclic) bond motifs is 5. The second-order valence-corrected chi connectivity index (χ2v) is 7.93. The van der Waals surface area contributed by atoms with Crippen LogP contribution in [0.25, 0.3) is 0 Å². The van der Waals surface area contributed by atoms with Crippen molar-refractivity contribution < 1.29 is 19.6 Å². The first-order chi connectivity index (χ1) is 11.9. The van der Waals surface area contributed by atoms with Crippen molar-refractivity contribution in [3.63, 3.8) is 0 Å². The molecule has 132 valence electrons. The number of nitrogens with zero attached hydrogens (tertiary/aromatic N) is 1. The van der Waals surface area contributed by atoms with Crippen molar-refractivity contribution >= 4 is 17.8 Å². The summed E-state index contributed by atoms with van der Waals surface area (Å²) in [4.78, 5) is 34.5. The summed E-state index contributed by atoms with van der Waals surface area (Å²) < 4.78 is 0. The summed E-state index contributed by atoms with van der Waals surface area (Å²) in [5, 5.41) is 21.4. The number of Topliss-reactive ketones (excluding diaryl/α,β-unsaturated/α-hetero) is 1. The Kier molecular flexibility index (Phi) is 3.49. The topological polar surface area (TPSA) is 97.5 Å². The third-order valence-electron chi connectivity index (χ3n) is 7.05. The number of phenols is 1. The fourth-order valence-electron chi connectivity index (χ4n) is 5.77. The van der Waals surface area contributed by atoms with Crippen LogP contribution in [-0.2, 0) is 11.2 Å². The molecule has 0 saturated heterocycles. The highest BCUT2D eigenvalue weighted by Gasteiger charge is 2.55. The molecule has 3 aliphatic carbocycles. The minimum absolute atomic E-state index is 0.0680. The van der Waals surface area contributed by atoms with Crippen LogP contribution in [0.1, 0.15) is 66.4 Å². The molecule has 0 aromatic heterocycles. The van der Waals surface area contributed by atoms with Gasteiger partial charge in [-0.3, -0.25) is 19.7 Å². The van der Waals surface area contributed by atoms with Gasteiger partial charge in [-0.25, -0.2) is 0 Å². The van der Waals surface area contributed by atoms with Gasteiger partial charge in [0.15, 0.2) is 6.29 Å². The summed E-state index contributed by atoms with van der Waals surface area (Å²) in [6.45, 7) is 2.08. The highest BCUT2D eigenvalue weighted by atomic mass is 16.6. The molecule has 2 saturated carbocycles. The van der Waals surface area contributed by atoms with E-state index in [4.69, 9.17) is 0 Å².